The lowest BCUT2D eigenvalue weighted by Gasteiger charge is -2.23. The number of halogens is 1. The lowest BCUT2D eigenvalue weighted by molar-refractivity contribution is 0.651. The normalized spacial score (nSPS) is 14.2. The van der Waals surface area contributed by atoms with Gasteiger partial charge in [0.05, 0.1) is 0 Å². The molecule has 0 aliphatic carbocycles. The number of hydrogen-bond donors (Lipinski definition) is 0. The number of hydrogen-bond acceptors (Lipinski definition) is 0. The van der Waals surface area contributed by atoms with Crippen LogP contribution in [0, 0.1) is 0 Å². The van der Waals surface area contributed by atoms with Crippen LogP contribution in [0.4, 0.5) is 0 Å². The second-order valence-electron chi connectivity index (χ2n) is 4.55. The Balaban J connectivity index is 2.03. The largest absolute Gasteiger partial charge is 0.0740 e. The molecule has 17 heavy (non-hydrogen) atoms. The minimum atomic E-state index is 0.217. The van der Waals surface area contributed by atoms with Crippen LogP contribution in [0.5, 0.6) is 0 Å². The zero-order valence-electron chi connectivity index (χ0n) is 10.1. The van der Waals surface area contributed by atoms with Gasteiger partial charge in [0.25, 0.3) is 0 Å². The van der Waals surface area contributed by atoms with Crippen molar-refractivity contribution in [1.82, 2.24) is 0 Å². The molecule has 1 unspecified atom stereocenters. The Morgan fingerprint density at radius 1 is 0.882 bits per heavy atom. The maximum Gasteiger partial charge on any atom is 0.0445 e. The second kappa shape index (κ2) is 5.67. The van der Waals surface area contributed by atoms with Crippen molar-refractivity contribution in [3.05, 3.63) is 71.8 Å². The Hall–Kier alpha value is -0.830. The molecule has 0 amide bonds. The highest BCUT2D eigenvalue weighted by Crippen LogP contribution is 2.35. The smallest absolute Gasteiger partial charge is 0.0445 e. The minimum Gasteiger partial charge on any atom is -0.0740 e. The highest BCUT2D eigenvalue weighted by Gasteiger charge is 2.21. The summed E-state index contributed by atoms with van der Waals surface area (Å²) in [6, 6.07) is 21.5. The predicted octanol–water partition coefficient (Wildman–Crippen LogP) is 4.97. The SMILES string of the molecule is CC(I)(CCc1ccccc1)c1ccccc1. The van der Waals surface area contributed by atoms with E-state index in [4.69, 9.17) is 0 Å². The second-order valence-corrected chi connectivity index (χ2v) is 6.93. The molecular formula is C16H17I. The number of benzene rings is 2. The Kier molecular flexibility index (Phi) is 4.21. The van der Waals surface area contributed by atoms with E-state index in [0.29, 0.717) is 0 Å². The summed E-state index contributed by atoms with van der Waals surface area (Å²) in [5, 5.41) is 0. The summed E-state index contributed by atoms with van der Waals surface area (Å²) in [6.45, 7) is 2.31. The minimum absolute atomic E-state index is 0.217. The van der Waals surface area contributed by atoms with Gasteiger partial charge in [0.2, 0.25) is 0 Å². The molecule has 2 rings (SSSR count). The molecule has 0 N–H and O–H groups in total. The zero-order valence-corrected chi connectivity index (χ0v) is 12.2. The summed E-state index contributed by atoms with van der Waals surface area (Å²) in [5.74, 6) is 0. The van der Waals surface area contributed by atoms with Crippen molar-refractivity contribution in [2.45, 2.75) is 23.2 Å². The molecule has 2 aromatic carbocycles. The average molecular weight is 336 g/mol. The topological polar surface area (TPSA) is 0 Å². The average Bonchev–Trinajstić information content (AvgIpc) is 2.39. The van der Waals surface area contributed by atoms with Gasteiger partial charge in [-0.15, -0.1) is 0 Å². The molecule has 0 saturated carbocycles. The van der Waals surface area contributed by atoms with E-state index in [0.717, 1.165) is 6.42 Å². The first kappa shape index (κ1) is 12.6. The summed E-state index contributed by atoms with van der Waals surface area (Å²) >= 11 is 2.57. The quantitative estimate of drug-likeness (QED) is 0.546. The van der Waals surface area contributed by atoms with Crippen molar-refractivity contribution in [2.24, 2.45) is 0 Å². The highest BCUT2D eigenvalue weighted by molar-refractivity contribution is 14.1. The fraction of sp³-hybridized carbons (Fsp3) is 0.250. The van der Waals surface area contributed by atoms with E-state index in [1.54, 1.807) is 0 Å². The van der Waals surface area contributed by atoms with Crippen LogP contribution in [0.2, 0.25) is 0 Å². The van der Waals surface area contributed by atoms with Gasteiger partial charge in [0.15, 0.2) is 0 Å². The maximum atomic E-state index is 2.57. The van der Waals surface area contributed by atoms with Gasteiger partial charge in [0, 0.05) is 3.42 Å². The van der Waals surface area contributed by atoms with Crippen LogP contribution in [-0.4, -0.2) is 0 Å². The summed E-state index contributed by atoms with van der Waals surface area (Å²) in [6.07, 6.45) is 2.30. The van der Waals surface area contributed by atoms with Crippen molar-refractivity contribution in [1.29, 1.82) is 0 Å². The van der Waals surface area contributed by atoms with Crippen LogP contribution in [-0.2, 0) is 9.84 Å². The number of alkyl halides is 1. The molecular weight excluding hydrogens is 319 g/mol. The van der Waals surface area contributed by atoms with Crippen molar-refractivity contribution in [2.75, 3.05) is 0 Å². The van der Waals surface area contributed by atoms with Crippen LogP contribution in [0.15, 0.2) is 60.7 Å². The van der Waals surface area contributed by atoms with Gasteiger partial charge < -0.3 is 0 Å². The molecule has 0 heterocycles. The van der Waals surface area contributed by atoms with Gasteiger partial charge >= 0.3 is 0 Å². The summed E-state index contributed by atoms with van der Waals surface area (Å²) in [4.78, 5) is 0. The molecule has 0 aliphatic rings. The molecule has 0 radical (unpaired) electrons. The van der Waals surface area contributed by atoms with Gasteiger partial charge in [-0.1, -0.05) is 83.3 Å². The first-order valence-corrected chi connectivity index (χ1v) is 7.05. The van der Waals surface area contributed by atoms with E-state index >= 15 is 0 Å². The first-order chi connectivity index (χ1) is 8.18. The van der Waals surface area contributed by atoms with E-state index in [1.165, 1.54) is 17.5 Å². The molecule has 0 fully saturated rings. The van der Waals surface area contributed by atoms with Crippen LogP contribution in [0.3, 0.4) is 0 Å². The van der Waals surface area contributed by atoms with Gasteiger partial charge in [-0.2, -0.15) is 0 Å². The van der Waals surface area contributed by atoms with Crippen molar-refractivity contribution < 1.29 is 0 Å². The van der Waals surface area contributed by atoms with E-state index in [-0.39, 0.29) is 3.42 Å². The molecule has 88 valence electrons. The van der Waals surface area contributed by atoms with E-state index < -0.39 is 0 Å². The standard InChI is InChI=1S/C16H17I/c1-16(17,15-10-6-3-7-11-15)13-12-14-8-4-2-5-9-14/h2-11H,12-13H2,1H3. The Bertz CT molecular complexity index is 445. The lowest BCUT2D eigenvalue weighted by Crippen LogP contribution is -2.13. The van der Waals surface area contributed by atoms with Crippen molar-refractivity contribution in [3.63, 3.8) is 0 Å². The van der Waals surface area contributed by atoms with Gasteiger partial charge in [-0.25, -0.2) is 0 Å². The number of aryl methyl sites for hydroxylation is 1. The fourth-order valence-corrected chi connectivity index (χ4v) is 2.58. The molecule has 0 nitrogen and oxygen atoms in total. The molecule has 1 heteroatoms. The highest BCUT2D eigenvalue weighted by atomic mass is 127. The van der Waals surface area contributed by atoms with E-state index in [2.05, 4.69) is 90.2 Å². The number of rotatable bonds is 4. The Morgan fingerprint density at radius 3 is 2.00 bits per heavy atom. The van der Waals surface area contributed by atoms with E-state index in [1.807, 2.05) is 0 Å². The van der Waals surface area contributed by atoms with Gasteiger partial charge in [-0.05, 0) is 30.9 Å². The van der Waals surface area contributed by atoms with Crippen LogP contribution < -0.4 is 0 Å². The third-order valence-corrected chi connectivity index (χ3v) is 4.26. The van der Waals surface area contributed by atoms with Crippen molar-refractivity contribution >= 4 is 22.6 Å². The molecule has 1 atom stereocenters. The molecule has 0 aromatic heterocycles. The molecule has 0 bridgehead atoms. The summed E-state index contributed by atoms with van der Waals surface area (Å²) in [5.41, 5.74) is 2.84. The maximum absolute atomic E-state index is 2.57. The molecule has 2 aromatic rings. The summed E-state index contributed by atoms with van der Waals surface area (Å²) < 4.78 is 0.217. The third-order valence-electron chi connectivity index (χ3n) is 3.10. The fourth-order valence-electron chi connectivity index (χ4n) is 1.95. The molecule has 0 aliphatic heterocycles. The van der Waals surface area contributed by atoms with E-state index in [9.17, 15) is 0 Å². The van der Waals surface area contributed by atoms with Crippen LogP contribution in [0.1, 0.15) is 24.5 Å². The first-order valence-electron chi connectivity index (χ1n) is 5.97. The Labute approximate surface area is 117 Å². The predicted molar refractivity (Wildman–Crippen MR) is 82.6 cm³/mol. The summed E-state index contributed by atoms with van der Waals surface area (Å²) in [7, 11) is 0. The third kappa shape index (κ3) is 3.56. The monoisotopic (exact) mass is 336 g/mol. The van der Waals surface area contributed by atoms with Gasteiger partial charge in [-0.3, -0.25) is 0 Å². The molecule has 0 saturated heterocycles. The lowest BCUT2D eigenvalue weighted by atomic mass is 9.94. The Morgan fingerprint density at radius 2 is 1.41 bits per heavy atom. The van der Waals surface area contributed by atoms with Crippen LogP contribution >= 0.6 is 22.6 Å². The van der Waals surface area contributed by atoms with Gasteiger partial charge in [0.1, 0.15) is 0 Å². The van der Waals surface area contributed by atoms with Crippen LogP contribution in [0.25, 0.3) is 0 Å². The van der Waals surface area contributed by atoms with Crippen molar-refractivity contribution in [3.8, 4) is 0 Å². The zero-order chi connectivity index (χ0) is 12.1. The molecule has 0 spiro atoms.